The Morgan fingerprint density at radius 2 is 0.882 bits per heavy atom. The molecule has 2 heteroatoms. The quantitative estimate of drug-likeness (QED) is 0.0930. The summed E-state index contributed by atoms with van der Waals surface area (Å²) in [6.07, 6.45) is 38.7. The second kappa shape index (κ2) is 23.9. The summed E-state index contributed by atoms with van der Waals surface area (Å²) in [4.78, 5) is 0. The molecule has 1 aromatic rings. The molecule has 0 aliphatic carbocycles. The molecule has 0 radical (unpaired) electrons. The van der Waals surface area contributed by atoms with Crippen LogP contribution in [-0.2, 0) is 19.5 Å². The van der Waals surface area contributed by atoms with Crippen LogP contribution in [0.4, 0.5) is 0 Å². The molecule has 200 valence electrons. The van der Waals surface area contributed by atoms with Crippen LogP contribution in [-0.4, -0.2) is 4.57 Å². The molecule has 1 rings (SSSR count). The Hall–Kier alpha value is -0.790. The zero-order chi connectivity index (χ0) is 24.5. The number of nitrogens with zero attached hydrogens (tertiary/aromatic N) is 2. The monoisotopic (exact) mass is 475 g/mol. The molecule has 0 saturated heterocycles. The molecule has 1 aromatic heterocycles. The fraction of sp³-hybridized carbons (Fsp3) is 0.906. The molecule has 0 N–H and O–H groups in total. The van der Waals surface area contributed by atoms with E-state index in [1.54, 1.807) is 0 Å². The minimum Gasteiger partial charge on any atom is -0.234 e. The van der Waals surface area contributed by atoms with Gasteiger partial charge in [0.1, 0.15) is 12.4 Å². The molecule has 1 heterocycles. The lowest BCUT2D eigenvalue weighted by Crippen LogP contribution is -2.37. The molecular weight excluding hydrogens is 412 g/mol. The number of aryl methyl sites for hydroxylation is 2. The third-order valence-corrected chi connectivity index (χ3v) is 7.66. The largest absolute Gasteiger partial charge is 0.256 e. The Morgan fingerprint density at radius 1 is 0.500 bits per heavy atom. The maximum absolute atomic E-state index is 2.53. The maximum Gasteiger partial charge on any atom is 0.256 e. The van der Waals surface area contributed by atoms with E-state index in [0.717, 1.165) is 6.42 Å². The van der Waals surface area contributed by atoms with E-state index in [2.05, 4.69) is 42.3 Å². The van der Waals surface area contributed by atoms with Gasteiger partial charge < -0.3 is 0 Å². The number of imidazole rings is 1. The minimum atomic E-state index is 1.16. The number of aromatic nitrogens is 2. The number of hydrogen-bond donors (Lipinski definition) is 0. The predicted octanol–water partition coefficient (Wildman–Crippen LogP) is 10.4. The molecule has 0 saturated carbocycles. The van der Waals surface area contributed by atoms with E-state index in [9.17, 15) is 0 Å². The van der Waals surface area contributed by atoms with Crippen LogP contribution in [0.25, 0.3) is 0 Å². The molecule has 34 heavy (non-hydrogen) atoms. The molecule has 0 aliphatic rings. The number of hydrogen-bond acceptors (Lipinski definition) is 0. The molecule has 0 fully saturated rings. The highest BCUT2D eigenvalue weighted by atomic mass is 15.1. The second-order valence-electron chi connectivity index (χ2n) is 10.9. The lowest BCUT2D eigenvalue weighted by atomic mass is 10.0. The number of rotatable bonds is 26. The van der Waals surface area contributed by atoms with Crippen molar-refractivity contribution in [3.63, 3.8) is 0 Å². The van der Waals surface area contributed by atoms with Gasteiger partial charge in [-0.25, -0.2) is 9.13 Å². The molecule has 0 unspecified atom stereocenters. The summed E-state index contributed by atoms with van der Waals surface area (Å²) in [6, 6.07) is 0. The molecule has 0 bridgehead atoms. The minimum absolute atomic E-state index is 1.16. The first kappa shape index (κ1) is 31.2. The van der Waals surface area contributed by atoms with Gasteiger partial charge in [-0.05, 0) is 25.7 Å². The van der Waals surface area contributed by atoms with Gasteiger partial charge >= 0.3 is 0 Å². The maximum atomic E-state index is 2.53. The molecule has 2 nitrogen and oxygen atoms in total. The smallest absolute Gasteiger partial charge is 0.234 e. The second-order valence-corrected chi connectivity index (χ2v) is 10.9. The van der Waals surface area contributed by atoms with Crippen molar-refractivity contribution >= 4 is 0 Å². The molecule has 0 spiro atoms. The molecule has 0 aliphatic heterocycles. The highest BCUT2D eigenvalue weighted by Crippen LogP contribution is 2.14. The Morgan fingerprint density at radius 3 is 1.29 bits per heavy atom. The van der Waals surface area contributed by atoms with Crippen LogP contribution in [0.5, 0.6) is 0 Å². The van der Waals surface area contributed by atoms with Gasteiger partial charge in [0.2, 0.25) is 0 Å². The topological polar surface area (TPSA) is 8.81 Å². The van der Waals surface area contributed by atoms with Crippen LogP contribution in [0.2, 0.25) is 0 Å². The highest BCUT2D eigenvalue weighted by molar-refractivity contribution is 4.83. The van der Waals surface area contributed by atoms with Crippen LogP contribution in [0.3, 0.4) is 0 Å². The Labute approximate surface area is 215 Å². The van der Waals surface area contributed by atoms with E-state index in [1.165, 1.54) is 167 Å². The predicted molar refractivity (Wildman–Crippen MR) is 152 cm³/mol. The summed E-state index contributed by atoms with van der Waals surface area (Å²) in [7, 11) is 0. The van der Waals surface area contributed by atoms with Gasteiger partial charge in [0, 0.05) is 6.42 Å². The van der Waals surface area contributed by atoms with Crippen molar-refractivity contribution in [1.29, 1.82) is 0 Å². The van der Waals surface area contributed by atoms with Crippen LogP contribution >= 0.6 is 0 Å². The van der Waals surface area contributed by atoms with Gasteiger partial charge in [0.15, 0.2) is 0 Å². The lowest BCUT2D eigenvalue weighted by molar-refractivity contribution is -0.704. The average molecular weight is 476 g/mol. The van der Waals surface area contributed by atoms with E-state index < -0.39 is 0 Å². The van der Waals surface area contributed by atoms with E-state index in [-0.39, 0.29) is 0 Å². The van der Waals surface area contributed by atoms with Gasteiger partial charge in [0.25, 0.3) is 5.82 Å². The van der Waals surface area contributed by atoms with Gasteiger partial charge in [-0.3, -0.25) is 0 Å². The first-order chi connectivity index (χ1) is 16.8. The van der Waals surface area contributed by atoms with Crippen molar-refractivity contribution in [2.75, 3.05) is 0 Å². The van der Waals surface area contributed by atoms with Crippen LogP contribution in [0.1, 0.15) is 174 Å². The van der Waals surface area contributed by atoms with Gasteiger partial charge in [0.05, 0.1) is 13.1 Å². The van der Waals surface area contributed by atoms with Crippen LogP contribution in [0, 0.1) is 0 Å². The van der Waals surface area contributed by atoms with Crippen molar-refractivity contribution in [2.24, 2.45) is 0 Å². The zero-order valence-electron chi connectivity index (χ0n) is 23.9. The normalized spacial score (nSPS) is 11.5. The van der Waals surface area contributed by atoms with E-state index in [1.807, 2.05) is 0 Å². The molecule has 0 amide bonds. The van der Waals surface area contributed by atoms with E-state index in [4.69, 9.17) is 0 Å². The molecular formula is C32H63N2+. The van der Waals surface area contributed by atoms with E-state index >= 15 is 0 Å². The van der Waals surface area contributed by atoms with Gasteiger partial charge in [-0.1, -0.05) is 143 Å². The molecule has 0 aromatic carbocycles. The summed E-state index contributed by atoms with van der Waals surface area (Å²) in [5.74, 6) is 1.54. The standard InChI is InChI=1S/C32H63N2/c1-4-7-9-11-13-15-16-17-18-19-20-21-23-25-27-29-34-31-30-33(32(34)6-3)28-26-24-22-14-12-10-8-5-2/h30-31H,4-29H2,1-3H3/q+1. The zero-order valence-corrected chi connectivity index (χ0v) is 23.9. The lowest BCUT2D eigenvalue weighted by Gasteiger charge is -2.05. The Balaban J connectivity index is 1.98. The number of unbranched alkanes of at least 4 members (excludes halogenated alkanes) is 21. The Kier molecular flexibility index (Phi) is 22.0. The van der Waals surface area contributed by atoms with Gasteiger partial charge in [-0.15, -0.1) is 0 Å². The van der Waals surface area contributed by atoms with Crippen LogP contribution in [0.15, 0.2) is 12.4 Å². The van der Waals surface area contributed by atoms with Crippen molar-refractivity contribution in [3.8, 4) is 0 Å². The summed E-state index contributed by atoms with van der Waals surface area (Å²) < 4.78 is 5.06. The third-order valence-electron chi connectivity index (χ3n) is 7.66. The highest BCUT2D eigenvalue weighted by Gasteiger charge is 2.14. The van der Waals surface area contributed by atoms with Crippen molar-refractivity contribution in [2.45, 2.75) is 188 Å². The SMILES string of the molecule is CCCCCCCCCCCCCCCCC[n+]1ccn(CCCCCCCCCC)c1CC. The Bertz CT molecular complexity index is 533. The summed E-state index contributed by atoms with van der Waals surface area (Å²) >= 11 is 0. The fourth-order valence-electron chi connectivity index (χ4n) is 5.38. The third kappa shape index (κ3) is 16.8. The van der Waals surface area contributed by atoms with Gasteiger partial charge in [-0.2, -0.15) is 0 Å². The molecule has 0 atom stereocenters. The fourth-order valence-corrected chi connectivity index (χ4v) is 5.38. The summed E-state index contributed by atoms with van der Waals surface area (Å²) in [5, 5.41) is 0. The van der Waals surface area contributed by atoms with Crippen molar-refractivity contribution < 1.29 is 4.57 Å². The van der Waals surface area contributed by atoms with Crippen molar-refractivity contribution in [1.82, 2.24) is 4.57 Å². The first-order valence-electron chi connectivity index (χ1n) is 15.9. The van der Waals surface area contributed by atoms with E-state index in [0.29, 0.717) is 0 Å². The average Bonchev–Trinajstić information content (AvgIpc) is 3.24. The summed E-state index contributed by atoms with van der Waals surface area (Å²) in [5.41, 5.74) is 0. The van der Waals surface area contributed by atoms with Crippen molar-refractivity contribution in [3.05, 3.63) is 18.2 Å². The first-order valence-corrected chi connectivity index (χ1v) is 15.9. The van der Waals surface area contributed by atoms with Crippen LogP contribution < -0.4 is 4.57 Å². The summed E-state index contributed by atoms with van der Waals surface area (Å²) in [6.45, 7) is 9.35.